The van der Waals surface area contributed by atoms with Gasteiger partial charge >= 0.3 is 0 Å². The number of para-hydroxylation sites is 1. The Kier molecular flexibility index (Phi) is 4.92. The van der Waals surface area contributed by atoms with E-state index in [2.05, 4.69) is 0 Å². The monoisotopic (exact) mass is 286 g/mol. The lowest BCUT2D eigenvalue weighted by molar-refractivity contribution is -0.277. The van der Waals surface area contributed by atoms with Crippen molar-refractivity contribution in [3.63, 3.8) is 0 Å². The first-order valence-corrected chi connectivity index (χ1v) is 6.24. The Morgan fingerprint density at radius 1 is 1.00 bits per heavy atom. The van der Waals surface area contributed by atoms with Crippen LogP contribution in [-0.2, 0) is 11.3 Å². The Bertz CT molecular complexity index is 436. The largest absolute Gasteiger partial charge is 0.462 e. The standard InChI is InChI=1S/C13H18O7/c14-5-7-3-1-2-4-8(7)19-13-12(18)11(17)10(16)9(6-15)20-13/h1-4,9-18H,5-6H2/t9-,10+,11+,12-,13-/m1/s1. The molecule has 0 aromatic heterocycles. The maximum atomic E-state index is 9.84. The van der Waals surface area contributed by atoms with Crippen LogP contribution in [0.5, 0.6) is 5.75 Å². The van der Waals surface area contributed by atoms with Crippen LogP contribution in [0.2, 0.25) is 0 Å². The summed E-state index contributed by atoms with van der Waals surface area (Å²) in [6.45, 7) is -0.778. The summed E-state index contributed by atoms with van der Waals surface area (Å²) in [5.74, 6) is 0.291. The molecule has 20 heavy (non-hydrogen) atoms. The number of benzene rings is 1. The van der Waals surface area contributed by atoms with Gasteiger partial charge in [0, 0.05) is 5.56 Å². The minimum Gasteiger partial charge on any atom is -0.462 e. The zero-order chi connectivity index (χ0) is 14.7. The Labute approximate surface area is 115 Å². The van der Waals surface area contributed by atoms with Gasteiger partial charge in [0.05, 0.1) is 13.2 Å². The van der Waals surface area contributed by atoms with Gasteiger partial charge in [-0.25, -0.2) is 0 Å². The molecule has 0 radical (unpaired) electrons. The minimum atomic E-state index is -1.49. The molecular formula is C13H18O7. The topological polar surface area (TPSA) is 120 Å². The highest BCUT2D eigenvalue weighted by Gasteiger charge is 2.44. The van der Waals surface area contributed by atoms with Crippen LogP contribution in [0, 0.1) is 0 Å². The summed E-state index contributed by atoms with van der Waals surface area (Å²) in [6.07, 6.45) is -6.67. The van der Waals surface area contributed by atoms with Crippen molar-refractivity contribution in [3.8, 4) is 5.75 Å². The number of aliphatic hydroxyl groups is 5. The third-order valence-electron chi connectivity index (χ3n) is 3.23. The number of rotatable bonds is 4. The second kappa shape index (κ2) is 6.49. The molecule has 1 aliphatic heterocycles. The van der Waals surface area contributed by atoms with Crippen LogP contribution >= 0.6 is 0 Å². The molecule has 0 aliphatic carbocycles. The van der Waals surface area contributed by atoms with Gasteiger partial charge in [0.15, 0.2) is 0 Å². The number of hydrogen-bond acceptors (Lipinski definition) is 7. The molecule has 1 aromatic carbocycles. The lowest BCUT2D eigenvalue weighted by atomic mass is 9.99. The van der Waals surface area contributed by atoms with Crippen LogP contribution in [0.15, 0.2) is 24.3 Å². The highest BCUT2D eigenvalue weighted by atomic mass is 16.7. The van der Waals surface area contributed by atoms with E-state index in [4.69, 9.17) is 14.6 Å². The van der Waals surface area contributed by atoms with Crippen LogP contribution in [0.25, 0.3) is 0 Å². The average Bonchev–Trinajstić information content (AvgIpc) is 2.48. The van der Waals surface area contributed by atoms with E-state index in [1.807, 2.05) is 0 Å². The zero-order valence-corrected chi connectivity index (χ0v) is 10.7. The Balaban J connectivity index is 2.15. The summed E-state index contributed by atoms with van der Waals surface area (Å²) in [5.41, 5.74) is 0.490. The maximum absolute atomic E-state index is 9.84. The molecule has 0 unspecified atom stereocenters. The molecule has 5 N–H and O–H groups in total. The second-order valence-electron chi connectivity index (χ2n) is 4.58. The first kappa shape index (κ1) is 15.2. The fraction of sp³-hybridized carbons (Fsp3) is 0.538. The van der Waals surface area contributed by atoms with Crippen LogP contribution in [0.4, 0.5) is 0 Å². The Morgan fingerprint density at radius 2 is 1.70 bits per heavy atom. The molecule has 1 saturated heterocycles. The van der Waals surface area contributed by atoms with Crippen molar-refractivity contribution >= 4 is 0 Å². The summed E-state index contributed by atoms with van der Waals surface area (Å²) in [7, 11) is 0. The van der Waals surface area contributed by atoms with Gasteiger partial charge in [-0.2, -0.15) is 0 Å². The maximum Gasteiger partial charge on any atom is 0.229 e. The van der Waals surface area contributed by atoms with Gasteiger partial charge in [0.25, 0.3) is 0 Å². The van der Waals surface area contributed by atoms with E-state index in [1.54, 1.807) is 24.3 Å². The van der Waals surface area contributed by atoms with Gasteiger partial charge in [0.2, 0.25) is 6.29 Å². The van der Waals surface area contributed by atoms with Crippen molar-refractivity contribution in [2.75, 3.05) is 6.61 Å². The molecule has 1 aromatic rings. The molecule has 1 aliphatic rings. The van der Waals surface area contributed by atoms with Crippen molar-refractivity contribution in [1.82, 2.24) is 0 Å². The van der Waals surface area contributed by atoms with Crippen LogP contribution in [0.1, 0.15) is 5.56 Å². The van der Waals surface area contributed by atoms with E-state index in [0.717, 1.165) is 0 Å². The fourth-order valence-corrected chi connectivity index (χ4v) is 2.04. The van der Waals surface area contributed by atoms with Gasteiger partial charge in [-0.3, -0.25) is 0 Å². The quantitative estimate of drug-likeness (QED) is 0.450. The molecule has 0 amide bonds. The highest BCUT2D eigenvalue weighted by Crippen LogP contribution is 2.26. The van der Waals surface area contributed by atoms with Crippen molar-refractivity contribution in [2.45, 2.75) is 37.3 Å². The fourth-order valence-electron chi connectivity index (χ4n) is 2.04. The second-order valence-corrected chi connectivity index (χ2v) is 4.58. The number of ether oxygens (including phenoxy) is 2. The minimum absolute atomic E-state index is 0.256. The number of hydrogen-bond donors (Lipinski definition) is 5. The SMILES string of the molecule is OCc1ccccc1O[C@@H]1O[C@H](CO)[C@H](O)[C@H](O)[C@H]1O. The smallest absolute Gasteiger partial charge is 0.229 e. The summed E-state index contributed by atoms with van der Waals surface area (Å²) in [5, 5.41) is 47.4. The highest BCUT2D eigenvalue weighted by molar-refractivity contribution is 5.32. The molecule has 1 heterocycles. The molecular weight excluding hydrogens is 268 g/mol. The third-order valence-corrected chi connectivity index (χ3v) is 3.23. The van der Waals surface area contributed by atoms with Gasteiger partial charge in [-0.1, -0.05) is 18.2 Å². The van der Waals surface area contributed by atoms with Crippen molar-refractivity contribution in [1.29, 1.82) is 0 Å². The van der Waals surface area contributed by atoms with Gasteiger partial charge in [-0.15, -0.1) is 0 Å². The van der Waals surface area contributed by atoms with Crippen molar-refractivity contribution in [2.24, 2.45) is 0 Å². The van der Waals surface area contributed by atoms with Crippen LogP contribution in [-0.4, -0.2) is 62.8 Å². The van der Waals surface area contributed by atoms with Gasteiger partial charge < -0.3 is 35.0 Å². The lowest BCUT2D eigenvalue weighted by Gasteiger charge is -2.39. The van der Waals surface area contributed by atoms with E-state index in [9.17, 15) is 20.4 Å². The normalized spacial score (nSPS) is 34.0. The van der Waals surface area contributed by atoms with E-state index < -0.39 is 37.3 Å². The van der Waals surface area contributed by atoms with E-state index in [1.165, 1.54) is 0 Å². The number of aliphatic hydroxyl groups excluding tert-OH is 5. The van der Waals surface area contributed by atoms with Crippen LogP contribution in [0.3, 0.4) is 0 Å². The van der Waals surface area contributed by atoms with Crippen molar-refractivity contribution in [3.05, 3.63) is 29.8 Å². The average molecular weight is 286 g/mol. The summed E-state index contributed by atoms with van der Waals surface area (Å²) in [4.78, 5) is 0. The molecule has 7 heteroatoms. The molecule has 0 spiro atoms. The Morgan fingerprint density at radius 3 is 2.35 bits per heavy atom. The summed E-state index contributed by atoms with van der Waals surface area (Å²) >= 11 is 0. The van der Waals surface area contributed by atoms with Crippen LogP contribution < -0.4 is 4.74 Å². The summed E-state index contributed by atoms with van der Waals surface area (Å²) < 4.78 is 10.6. The zero-order valence-electron chi connectivity index (χ0n) is 10.7. The van der Waals surface area contributed by atoms with E-state index >= 15 is 0 Å². The van der Waals surface area contributed by atoms with Gasteiger partial charge in [0.1, 0.15) is 30.2 Å². The first-order valence-electron chi connectivity index (χ1n) is 6.24. The van der Waals surface area contributed by atoms with E-state index in [0.29, 0.717) is 11.3 Å². The predicted molar refractivity (Wildman–Crippen MR) is 66.8 cm³/mol. The summed E-state index contributed by atoms with van der Waals surface area (Å²) in [6, 6.07) is 6.61. The molecule has 0 saturated carbocycles. The molecule has 1 fully saturated rings. The first-order chi connectivity index (χ1) is 9.58. The van der Waals surface area contributed by atoms with E-state index in [-0.39, 0.29) is 6.61 Å². The molecule has 0 bridgehead atoms. The molecule has 112 valence electrons. The predicted octanol–water partition coefficient (Wildman–Crippen LogP) is -1.64. The molecule has 5 atom stereocenters. The molecule has 2 rings (SSSR count). The third kappa shape index (κ3) is 2.93. The van der Waals surface area contributed by atoms with Gasteiger partial charge in [-0.05, 0) is 6.07 Å². The molecule has 7 nitrogen and oxygen atoms in total. The van der Waals surface area contributed by atoms with Crippen molar-refractivity contribution < 1.29 is 35.0 Å². The lowest BCUT2D eigenvalue weighted by Crippen LogP contribution is -2.60. The Hall–Kier alpha value is -1.22.